The molecule has 6 aliphatic carbocycles. The second kappa shape index (κ2) is 30.9. The summed E-state index contributed by atoms with van der Waals surface area (Å²) in [5.41, 5.74) is 4.87. The average Bonchev–Trinajstić information content (AvgIpc) is 3.41. The van der Waals surface area contributed by atoms with Gasteiger partial charge in [0.2, 0.25) is 0 Å². The number of unbranched alkanes of at least 4 members (excludes halogenated alkanes) is 9. The first kappa shape index (κ1) is 54.8. The van der Waals surface area contributed by atoms with Crippen LogP contribution in [0.15, 0.2) is 58.5 Å². The molecule has 6 aliphatic rings. The van der Waals surface area contributed by atoms with Crippen molar-refractivity contribution in [3.8, 4) is 0 Å². The summed E-state index contributed by atoms with van der Waals surface area (Å²) in [6.45, 7) is 4.64. The van der Waals surface area contributed by atoms with Gasteiger partial charge in [-0.1, -0.05) is 147 Å². The van der Waals surface area contributed by atoms with Gasteiger partial charge in [-0.05, 0) is 259 Å². The van der Waals surface area contributed by atoms with Crippen LogP contribution in [-0.4, -0.2) is 10.3 Å². The Morgan fingerprint density at radius 3 is 0.855 bits per heavy atom. The van der Waals surface area contributed by atoms with Crippen molar-refractivity contribution < 1.29 is 0 Å². The smallest absolute Gasteiger partial charge is 0.0739 e. The Morgan fingerprint density at radius 1 is 0.333 bits per heavy atom. The molecule has 2 aromatic carbocycles. The van der Waals surface area contributed by atoms with Gasteiger partial charge >= 0.3 is 0 Å². The summed E-state index contributed by atoms with van der Waals surface area (Å²) in [5, 5.41) is 4.95. The molecule has 0 atom stereocenters. The first-order valence-electron chi connectivity index (χ1n) is 30.4. The number of benzene rings is 2. The maximum absolute atomic E-state index is 4.73. The first-order valence-corrected chi connectivity index (χ1v) is 31.2. The molecular weight excluding hydrogens is 873 g/mol. The van der Waals surface area contributed by atoms with Crippen molar-refractivity contribution in [1.29, 1.82) is 0 Å². The van der Waals surface area contributed by atoms with Crippen molar-refractivity contribution in [3.05, 3.63) is 59.7 Å². The third kappa shape index (κ3) is 17.9. The minimum atomic E-state index is 0.750. The molecule has 0 heterocycles. The Balaban J connectivity index is 0.000000204. The highest BCUT2D eigenvalue weighted by molar-refractivity contribution is 7.78. The first-order chi connectivity index (χ1) is 34.0. The van der Waals surface area contributed by atoms with Crippen LogP contribution in [0.25, 0.3) is 0 Å². The van der Waals surface area contributed by atoms with Crippen LogP contribution in [-0.2, 0) is 0 Å². The van der Waals surface area contributed by atoms with Gasteiger partial charge < -0.3 is 0 Å². The normalized spacial score (nSPS) is 31.9. The largest absolute Gasteiger partial charge is 0.195 e. The van der Waals surface area contributed by atoms with Crippen LogP contribution in [0.5, 0.6) is 0 Å². The highest BCUT2D eigenvalue weighted by atomic mass is 32.1. The van der Waals surface area contributed by atoms with Gasteiger partial charge in [0.25, 0.3) is 0 Å². The van der Waals surface area contributed by atoms with Gasteiger partial charge in [0.05, 0.1) is 21.7 Å². The molecule has 0 saturated heterocycles. The number of hydrogen-bond donors (Lipinski definition) is 0. The van der Waals surface area contributed by atoms with E-state index in [0.29, 0.717) is 0 Å². The Morgan fingerprint density at radius 2 is 0.580 bits per heavy atom. The number of nitrogens with zero attached hydrogens (tertiary/aromatic N) is 2. The molecule has 0 aliphatic heterocycles. The van der Waals surface area contributed by atoms with E-state index >= 15 is 0 Å². The van der Waals surface area contributed by atoms with Crippen LogP contribution >= 0.6 is 24.4 Å². The van der Waals surface area contributed by atoms with E-state index in [1.165, 1.54) is 172 Å². The minimum Gasteiger partial charge on any atom is -0.195 e. The lowest BCUT2D eigenvalue weighted by atomic mass is 9.64. The maximum atomic E-state index is 4.73. The molecule has 0 unspecified atom stereocenters. The second-order valence-electron chi connectivity index (χ2n) is 24.5. The number of aliphatic imine (C=N–C) groups is 2. The predicted octanol–water partition coefficient (Wildman–Crippen LogP) is 21.7. The van der Waals surface area contributed by atoms with E-state index in [2.05, 4.69) is 82.7 Å². The molecule has 8 rings (SSSR count). The van der Waals surface area contributed by atoms with E-state index in [9.17, 15) is 0 Å². The highest BCUT2D eigenvalue weighted by Crippen LogP contribution is 2.49. The summed E-state index contributed by atoms with van der Waals surface area (Å²) in [5.74, 6) is 11.9. The van der Waals surface area contributed by atoms with Crippen molar-refractivity contribution in [1.82, 2.24) is 0 Å². The Labute approximate surface area is 435 Å². The number of isothiocyanates is 2. The zero-order valence-corrected chi connectivity index (χ0v) is 46.1. The van der Waals surface area contributed by atoms with Crippen molar-refractivity contribution in [2.45, 2.75) is 263 Å². The number of hydrogen-bond acceptors (Lipinski definition) is 4. The molecule has 0 N–H and O–H groups in total. The van der Waals surface area contributed by atoms with E-state index in [4.69, 9.17) is 24.4 Å². The molecule has 0 amide bonds. The molecule has 0 aromatic heterocycles. The molecular formula is C65H100N2S2. The zero-order chi connectivity index (χ0) is 47.9. The fourth-order valence-corrected chi connectivity index (χ4v) is 16.1. The molecule has 0 spiro atoms. The Kier molecular flexibility index (Phi) is 24.6. The predicted molar refractivity (Wildman–Crippen MR) is 305 cm³/mol. The minimum absolute atomic E-state index is 0.750. The van der Waals surface area contributed by atoms with Gasteiger partial charge in [-0.25, -0.2) is 0 Å². The summed E-state index contributed by atoms with van der Waals surface area (Å²) in [6.07, 6.45) is 55.0. The van der Waals surface area contributed by atoms with E-state index in [-0.39, 0.29) is 0 Å². The molecule has 2 aromatic rings. The van der Waals surface area contributed by atoms with Crippen LogP contribution in [0, 0.1) is 59.2 Å². The van der Waals surface area contributed by atoms with Gasteiger partial charge in [0.15, 0.2) is 0 Å². The fourth-order valence-electron chi connectivity index (χ4n) is 15.9. The van der Waals surface area contributed by atoms with Crippen LogP contribution in [0.4, 0.5) is 11.4 Å². The number of thiocarbonyl (C=S) groups is 2. The van der Waals surface area contributed by atoms with Gasteiger partial charge in [-0.3, -0.25) is 0 Å². The average molecular weight is 974 g/mol. The van der Waals surface area contributed by atoms with Gasteiger partial charge in [0.1, 0.15) is 0 Å². The molecule has 0 bridgehead atoms. The van der Waals surface area contributed by atoms with Crippen LogP contribution < -0.4 is 0 Å². The summed E-state index contributed by atoms with van der Waals surface area (Å²) < 4.78 is 0. The van der Waals surface area contributed by atoms with Gasteiger partial charge in [-0.2, -0.15) is 9.98 Å². The third-order valence-electron chi connectivity index (χ3n) is 20.4. The molecule has 0 radical (unpaired) electrons. The Bertz CT molecular complexity index is 1760. The lowest BCUT2D eigenvalue weighted by Crippen LogP contribution is -2.29. The summed E-state index contributed by atoms with van der Waals surface area (Å²) in [4.78, 5) is 8.19. The van der Waals surface area contributed by atoms with Crippen LogP contribution in [0.3, 0.4) is 0 Å². The van der Waals surface area contributed by atoms with E-state index in [0.717, 1.165) is 82.4 Å². The quantitative estimate of drug-likeness (QED) is 0.0707. The zero-order valence-electron chi connectivity index (χ0n) is 44.4. The van der Waals surface area contributed by atoms with Gasteiger partial charge in [-0.15, -0.1) is 0 Å². The molecule has 382 valence electrons. The summed E-state index contributed by atoms with van der Waals surface area (Å²) in [6, 6.07) is 17.5. The maximum Gasteiger partial charge on any atom is 0.0739 e. The summed E-state index contributed by atoms with van der Waals surface area (Å²) in [7, 11) is 0. The van der Waals surface area contributed by atoms with Crippen LogP contribution in [0.2, 0.25) is 0 Å². The molecule has 69 heavy (non-hydrogen) atoms. The fraction of sp³-hybridized carbons (Fsp3) is 0.785. The topological polar surface area (TPSA) is 24.7 Å². The molecule has 6 saturated carbocycles. The lowest BCUT2D eigenvalue weighted by Gasteiger charge is -2.41. The summed E-state index contributed by atoms with van der Waals surface area (Å²) >= 11 is 9.45. The van der Waals surface area contributed by atoms with Crippen molar-refractivity contribution in [3.63, 3.8) is 0 Å². The SMILES string of the molecule is CCCCCCCC1CCC(C2CCC(C3CCC(c4ccc(N=C=S)cc4)CC3)CC2)CC1.CCCCCCCCC1CCC(C2CCC(C3CCC(c4ccc(N=C=S)cc4)CC3)CC2)CC1. The highest BCUT2D eigenvalue weighted by Gasteiger charge is 2.37. The molecule has 2 nitrogen and oxygen atoms in total. The third-order valence-corrected chi connectivity index (χ3v) is 20.6. The molecule has 4 heteroatoms. The lowest BCUT2D eigenvalue weighted by molar-refractivity contribution is 0.108. The number of rotatable bonds is 21. The standard InChI is InChI=1S/C33H51NS.C32H49NS/c1-2-3-4-5-6-7-8-26-9-11-27(12-10-26)28-13-15-29(16-14-28)30-17-19-31(20-18-30)32-21-23-33(24-22-32)34-25-35;1-2-3-4-5-6-7-25-8-10-26(11-9-25)27-12-14-28(15-13-27)29-16-18-30(19-17-29)31-20-22-32(23-21-31)33-24-34/h21-24,26-31H,2-20H2,1H3;20-23,25-30H,2-19H2,1H3. The van der Waals surface area contributed by atoms with Crippen molar-refractivity contribution in [2.24, 2.45) is 69.2 Å². The van der Waals surface area contributed by atoms with E-state index < -0.39 is 0 Å². The van der Waals surface area contributed by atoms with E-state index in [1.54, 1.807) is 77.0 Å². The van der Waals surface area contributed by atoms with E-state index in [1.807, 2.05) is 0 Å². The Hall–Kier alpha value is -1.96. The molecule has 6 fully saturated rings. The van der Waals surface area contributed by atoms with Gasteiger partial charge in [0, 0.05) is 0 Å². The van der Waals surface area contributed by atoms with Crippen LogP contribution in [0.1, 0.15) is 274 Å². The van der Waals surface area contributed by atoms with Crippen molar-refractivity contribution >= 4 is 46.1 Å². The second-order valence-corrected chi connectivity index (χ2v) is 24.8. The van der Waals surface area contributed by atoms with Crippen molar-refractivity contribution in [2.75, 3.05) is 0 Å². The monoisotopic (exact) mass is 973 g/mol.